The number of aromatic nitrogens is 4. The molecule has 1 N–H and O–H groups in total. The lowest BCUT2D eigenvalue weighted by Gasteiger charge is -2.30. The minimum atomic E-state index is -1.13. The summed E-state index contributed by atoms with van der Waals surface area (Å²) in [6, 6.07) is 0. The van der Waals surface area contributed by atoms with E-state index >= 15 is 0 Å². The molecule has 0 bridgehead atoms. The van der Waals surface area contributed by atoms with Crippen LogP contribution in [0.5, 0.6) is 0 Å². The number of rotatable bonds is 3. The number of nitrogens with zero attached hydrogens (tertiary/aromatic N) is 6. The number of carboxylic acids is 1. The van der Waals surface area contributed by atoms with E-state index in [1.54, 1.807) is 22.0 Å². The number of likely N-dealkylation sites (tertiary alicyclic amines) is 2. The molecule has 10 nitrogen and oxygen atoms in total. The van der Waals surface area contributed by atoms with Crippen LogP contribution in [0.15, 0.2) is 18.6 Å². The maximum atomic E-state index is 11.8. The fourth-order valence-electron chi connectivity index (χ4n) is 2.77. The summed E-state index contributed by atoms with van der Waals surface area (Å²) >= 11 is 0. The number of amides is 2. The largest absolute Gasteiger partial charge is 0.477 e. The topological polar surface area (TPSA) is 114 Å². The molecule has 2 fully saturated rings. The molecule has 0 aromatic carbocycles. The van der Waals surface area contributed by atoms with Crippen LogP contribution >= 0.6 is 0 Å². The second-order valence-electron chi connectivity index (χ2n) is 6.53. The Morgan fingerprint density at radius 2 is 1.52 bits per heavy atom. The number of carbonyl (C=O) groups excluding carboxylic acids is 2. The zero-order chi connectivity index (χ0) is 19.6. The van der Waals surface area contributed by atoms with Crippen LogP contribution in [-0.4, -0.2) is 78.4 Å². The molecule has 4 rings (SSSR count). The Kier molecular flexibility index (Phi) is 5.24. The average molecular weight is 374 g/mol. The van der Waals surface area contributed by atoms with Crippen LogP contribution < -0.4 is 0 Å². The first kappa shape index (κ1) is 18.6. The monoisotopic (exact) mass is 374 g/mol. The van der Waals surface area contributed by atoms with Gasteiger partial charge in [0, 0.05) is 46.5 Å². The van der Waals surface area contributed by atoms with Gasteiger partial charge in [0.05, 0.1) is 23.5 Å². The van der Waals surface area contributed by atoms with Crippen LogP contribution in [0.1, 0.15) is 44.0 Å². The molecular weight excluding hydrogens is 352 g/mol. The molecule has 2 aliphatic heterocycles. The lowest BCUT2D eigenvalue weighted by molar-refractivity contribution is 0.0621. The first-order valence-corrected chi connectivity index (χ1v) is 8.71. The maximum Gasteiger partial charge on any atom is 0.354 e. The Balaban J connectivity index is 0.000000159. The van der Waals surface area contributed by atoms with Gasteiger partial charge in [-0.15, -0.1) is 0 Å². The fourth-order valence-corrected chi connectivity index (χ4v) is 2.77. The predicted molar refractivity (Wildman–Crippen MR) is 94.4 cm³/mol. The molecule has 2 aromatic heterocycles. The van der Waals surface area contributed by atoms with Crippen molar-refractivity contribution in [3.05, 3.63) is 35.4 Å². The summed E-state index contributed by atoms with van der Waals surface area (Å²) in [7, 11) is 3.32. The minimum Gasteiger partial charge on any atom is -0.477 e. The Morgan fingerprint density at radius 3 is 1.96 bits per heavy atom. The van der Waals surface area contributed by atoms with Gasteiger partial charge in [0.2, 0.25) is 0 Å². The van der Waals surface area contributed by atoms with Crippen molar-refractivity contribution in [2.75, 3.05) is 26.2 Å². The quantitative estimate of drug-likeness (QED) is 0.823. The molecule has 10 heteroatoms. The van der Waals surface area contributed by atoms with Gasteiger partial charge in [-0.1, -0.05) is 0 Å². The first-order chi connectivity index (χ1) is 12.9. The second kappa shape index (κ2) is 7.60. The third-order valence-electron chi connectivity index (χ3n) is 4.61. The van der Waals surface area contributed by atoms with Crippen LogP contribution in [0.3, 0.4) is 0 Å². The van der Waals surface area contributed by atoms with E-state index in [0.29, 0.717) is 18.7 Å². The Labute approximate surface area is 156 Å². The molecule has 0 aliphatic carbocycles. The lowest BCUT2D eigenvalue weighted by Crippen LogP contribution is -2.42. The second-order valence-corrected chi connectivity index (χ2v) is 6.53. The number of carboxylic acid groups (broad SMARTS) is 1. The molecule has 2 amide bonds. The predicted octanol–water partition coefficient (Wildman–Crippen LogP) is 0.230. The Bertz CT molecular complexity index is 863. The zero-order valence-corrected chi connectivity index (χ0v) is 15.3. The number of aryl methyl sites for hydroxylation is 2. The van der Waals surface area contributed by atoms with E-state index in [2.05, 4.69) is 10.2 Å². The number of hydrogen-bond acceptors (Lipinski definition) is 5. The number of carbonyl (C=O) groups is 3. The molecule has 4 heterocycles. The standard InChI is InChI=1S/C9H11N3O3.C8H11N3O/c1-11-7(9(14)15)6(5-10-11)8(13)12-3-2-4-12;1-10-6-7(5-9-10)8(12)11-3-2-4-11/h5H,2-4H2,1H3,(H,14,15);5-6H,2-4H2,1H3. The first-order valence-electron chi connectivity index (χ1n) is 8.71. The average Bonchev–Trinajstić information content (AvgIpc) is 3.10. The van der Waals surface area contributed by atoms with Gasteiger partial charge in [0.1, 0.15) is 0 Å². The summed E-state index contributed by atoms with van der Waals surface area (Å²) in [6.07, 6.45) is 6.78. The van der Waals surface area contributed by atoms with Crippen molar-refractivity contribution in [3.8, 4) is 0 Å². The van der Waals surface area contributed by atoms with Crippen molar-refractivity contribution in [1.29, 1.82) is 0 Å². The third kappa shape index (κ3) is 3.83. The molecule has 0 saturated carbocycles. The van der Waals surface area contributed by atoms with Crippen molar-refractivity contribution in [3.63, 3.8) is 0 Å². The van der Waals surface area contributed by atoms with Crippen LogP contribution in [-0.2, 0) is 14.1 Å². The Hall–Kier alpha value is -3.17. The van der Waals surface area contributed by atoms with E-state index in [4.69, 9.17) is 5.11 Å². The van der Waals surface area contributed by atoms with Crippen LogP contribution in [0.4, 0.5) is 0 Å². The zero-order valence-electron chi connectivity index (χ0n) is 15.3. The highest BCUT2D eigenvalue weighted by Crippen LogP contribution is 2.15. The highest BCUT2D eigenvalue weighted by atomic mass is 16.4. The summed E-state index contributed by atoms with van der Waals surface area (Å²) in [4.78, 5) is 37.6. The van der Waals surface area contributed by atoms with Crippen LogP contribution in [0.25, 0.3) is 0 Å². The van der Waals surface area contributed by atoms with Crippen molar-refractivity contribution in [2.45, 2.75) is 12.8 Å². The van der Waals surface area contributed by atoms with Crippen molar-refractivity contribution >= 4 is 17.8 Å². The normalized spacial score (nSPS) is 15.3. The molecule has 27 heavy (non-hydrogen) atoms. The molecule has 0 atom stereocenters. The van der Waals surface area contributed by atoms with E-state index in [9.17, 15) is 14.4 Å². The molecule has 0 unspecified atom stereocenters. The van der Waals surface area contributed by atoms with Gasteiger partial charge in [-0.05, 0) is 12.8 Å². The number of aromatic carboxylic acids is 1. The highest BCUT2D eigenvalue weighted by molar-refractivity contribution is 6.03. The summed E-state index contributed by atoms with van der Waals surface area (Å²) < 4.78 is 2.85. The Morgan fingerprint density at radius 1 is 0.926 bits per heavy atom. The van der Waals surface area contributed by atoms with E-state index < -0.39 is 5.97 Å². The molecule has 2 aliphatic rings. The van der Waals surface area contributed by atoms with Gasteiger partial charge in [-0.3, -0.25) is 19.0 Å². The van der Waals surface area contributed by atoms with E-state index in [-0.39, 0.29) is 23.1 Å². The van der Waals surface area contributed by atoms with Crippen molar-refractivity contribution in [2.24, 2.45) is 14.1 Å². The van der Waals surface area contributed by atoms with E-state index in [1.165, 1.54) is 17.9 Å². The maximum absolute atomic E-state index is 11.8. The van der Waals surface area contributed by atoms with Crippen molar-refractivity contribution in [1.82, 2.24) is 29.4 Å². The van der Waals surface area contributed by atoms with Gasteiger partial charge < -0.3 is 14.9 Å². The van der Waals surface area contributed by atoms with Gasteiger partial charge in [-0.25, -0.2) is 4.79 Å². The van der Waals surface area contributed by atoms with Crippen LogP contribution in [0, 0.1) is 0 Å². The van der Waals surface area contributed by atoms with Gasteiger partial charge in [0.25, 0.3) is 11.8 Å². The smallest absolute Gasteiger partial charge is 0.354 e. The van der Waals surface area contributed by atoms with E-state index in [1.807, 2.05) is 11.9 Å². The van der Waals surface area contributed by atoms with Gasteiger partial charge >= 0.3 is 5.97 Å². The molecule has 144 valence electrons. The van der Waals surface area contributed by atoms with Gasteiger partial charge in [-0.2, -0.15) is 10.2 Å². The SMILES string of the molecule is Cn1cc(C(=O)N2CCC2)cn1.Cn1ncc(C(=O)N2CCC2)c1C(=O)O. The van der Waals surface area contributed by atoms with Gasteiger partial charge in [0.15, 0.2) is 5.69 Å². The molecule has 0 spiro atoms. The van der Waals surface area contributed by atoms with E-state index in [0.717, 1.165) is 25.9 Å². The molecule has 2 saturated heterocycles. The third-order valence-corrected chi connectivity index (χ3v) is 4.61. The summed E-state index contributed by atoms with van der Waals surface area (Å²) in [6.45, 7) is 3.20. The minimum absolute atomic E-state index is 0.0492. The highest BCUT2D eigenvalue weighted by Gasteiger charge is 2.28. The fraction of sp³-hybridized carbons (Fsp3) is 0.471. The number of hydrogen-bond donors (Lipinski definition) is 1. The lowest BCUT2D eigenvalue weighted by atomic mass is 10.1. The summed E-state index contributed by atoms with van der Waals surface area (Å²) in [5, 5.41) is 16.7. The summed E-state index contributed by atoms with van der Waals surface area (Å²) in [5.74, 6) is -1.26. The molecular formula is C17H22N6O4. The molecule has 0 radical (unpaired) electrons. The van der Waals surface area contributed by atoms with Crippen LogP contribution in [0.2, 0.25) is 0 Å². The van der Waals surface area contributed by atoms with Crippen molar-refractivity contribution < 1.29 is 19.5 Å². The summed E-state index contributed by atoms with van der Waals surface area (Å²) in [5.41, 5.74) is 0.814. The molecule has 2 aromatic rings.